The molecule has 0 spiro atoms. The fourth-order valence-corrected chi connectivity index (χ4v) is 0.785. The van der Waals surface area contributed by atoms with Crippen LogP contribution in [-0.2, 0) is 4.74 Å². The maximum Gasteiger partial charge on any atom is 0.211 e. The van der Waals surface area contributed by atoms with Gasteiger partial charge in [-0.2, -0.15) is 0 Å². The number of ether oxygens (including phenoxy) is 1. The van der Waals surface area contributed by atoms with Crippen molar-refractivity contribution in [3.63, 3.8) is 0 Å². The monoisotopic (exact) mass is 218 g/mol. The molecule has 1 nitrogen and oxygen atoms in total. The van der Waals surface area contributed by atoms with Gasteiger partial charge in [-0.15, -0.1) is 0 Å². The molecule has 0 saturated carbocycles. The van der Waals surface area contributed by atoms with Gasteiger partial charge < -0.3 is 4.74 Å². The van der Waals surface area contributed by atoms with E-state index in [1.165, 1.54) is 6.92 Å². The van der Waals surface area contributed by atoms with Gasteiger partial charge >= 0.3 is 0 Å². The van der Waals surface area contributed by atoms with Crippen LogP contribution in [-0.4, -0.2) is 11.5 Å². The van der Waals surface area contributed by atoms with E-state index in [9.17, 15) is 4.39 Å². The smallest absolute Gasteiger partial charge is 0.211 e. The molecule has 0 aliphatic rings. The number of halogens is 1. The Balaban J connectivity index is 4.89. The van der Waals surface area contributed by atoms with E-state index >= 15 is 0 Å². The predicted octanol–water partition coefficient (Wildman–Crippen LogP) is 4.56. The van der Waals surface area contributed by atoms with Gasteiger partial charge in [0, 0.05) is 5.41 Å². The standard InChI is InChI=1S/C13H27FO/c1-10(2,3)12(7,8)15-13(9,14)11(4,5)6/h1-9H3. The average Bonchev–Trinajstić information content (AvgIpc) is 1.77. The zero-order valence-electron chi connectivity index (χ0n) is 11.8. The predicted molar refractivity (Wildman–Crippen MR) is 63.6 cm³/mol. The van der Waals surface area contributed by atoms with Crippen LogP contribution in [0.3, 0.4) is 0 Å². The summed E-state index contributed by atoms with van der Waals surface area (Å²) in [7, 11) is 0. The highest BCUT2D eigenvalue weighted by Gasteiger charge is 2.46. The van der Waals surface area contributed by atoms with E-state index in [1.807, 2.05) is 34.6 Å². The van der Waals surface area contributed by atoms with Gasteiger partial charge in [0.15, 0.2) is 0 Å². The zero-order chi connectivity index (χ0) is 12.7. The Morgan fingerprint density at radius 3 is 1.20 bits per heavy atom. The summed E-state index contributed by atoms with van der Waals surface area (Å²) in [5.41, 5.74) is -1.11. The Labute approximate surface area is 94.4 Å². The van der Waals surface area contributed by atoms with Crippen LogP contribution in [0, 0.1) is 10.8 Å². The number of rotatable bonds is 2. The van der Waals surface area contributed by atoms with Crippen molar-refractivity contribution in [2.24, 2.45) is 10.8 Å². The van der Waals surface area contributed by atoms with Crippen LogP contribution in [0.25, 0.3) is 0 Å². The van der Waals surface area contributed by atoms with Crippen molar-refractivity contribution in [3.05, 3.63) is 0 Å². The Kier molecular flexibility index (Phi) is 3.70. The van der Waals surface area contributed by atoms with Crippen LogP contribution >= 0.6 is 0 Å². The lowest BCUT2D eigenvalue weighted by Crippen LogP contribution is -2.50. The number of alkyl halides is 1. The molecule has 92 valence electrons. The minimum absolute atomic E-state index is 0.0917. The lowest BCUT2D eigenvalue weighted by molar-refractivity contribution is -0.274. The summed E-state index contributed by atoms with van der Waals surface area (Å²) in [5, 5.41) is 0. The van der Waals surface area contributed by atoms with Crippen LogP contribution in [0.4, 0.5) is 4.39 Å². The van der Waals surface area contributed by atoms with Gasteiger partial charge in [-0.3, -0.25) is 0 Å². The maximum atomic E-state index is 14.4. The summed E-state index contributed by atoms with van der Waals surface area (Å²) < 4.78 is 20.1. The van der Waals surface area contributed by atoms with E-state index in [0.29, 0.717) is 0 Å². The lowest BCUT2D eigenvalue weighted by atomic mass is 9.78. The van der Waals surface area contributed by atoms with Crippen LogP contribution in [0.5, 0.6) is 0 Å². The molecule has 0 N–H and O–H groups in total. The molecule has 0 rings (SSSR count). The SMILES string of the molecule is CC(C)(C)C(C)(C)OC(C)(F)C(C)(C)C. The summed E-state index contributed by atoms with van der Waals surface area (Å²) in [4.78, 5) is 0. The van der Waals surface area contributed by atoms with Crippen molar-refractivity contribution >= 4 is 0 Å². The minimum Gasteiger partial charge on any atom is -0.339 e. The molecule has 0 aliphatic heterocycles. The quantitative estimate of drug-likeness (QED) is 0.660. The summed E-state index contributed by atoms with van der Waals surface area (Å²) >= 11 is 0. The number of hydrogen-bond donors (Lipinski definition) is 0. The summed E-state index contributed by atoms with van der Waals surface area (Å²) in [6.45, 7) is 17.1. The second kappa shape index (κ2) is 3.73. The molecule has 0 saturated heterocycles. The molecule has 0 fully saturated rings. The van der Waals surface area contributed by atoms with Crippen molar-refractivity contribution in [1.82, 2.24) is 0 Å². The Morgan fingerprint density at radius 1 is 0.667 bits per heavy atom. The topological polar surface area (TPSA) is 9.23 Å². The maximum absolute atomic E-state index is 14.4. The van der Waals surface area contributed by atoms with E-state index in [2.05, 4.69) is 20.8 Å². The lowest BCUT2D eigenvalue weighted by Gasteiger charge is -2.46. The highest BCUT2D eigenvalue weighted by Crippen LogP contribution is 2.43. The molecular formula is C13H27FO. The summed E-state index contributed by atoms with van der Waals surface area (Å²) in [5.74, 6) is -1.62. The normalized spacial score (nSPS) is 18.8. The second-order valence-electron chi connectivity index (χ2n) is 7.03. The Morgan fingerprint density at radius 2 is 1.00 bits per heavy atom. The fraction of sp³-hybridized carbons (Fsp3) is 1.00. The molecule has 15 heavy (non-hydrogen) atoms. The van der Waals surface area contributed by atoms with E-state index in [-0.39, 0.29) is 5.41 Å². The highest BCUT2D eigenvalue weighted by molar-refractivity contribution is 4.89. The van der Waals surface area contributed by atoms with Gasteiger partial charge in [0.05, 0.1) is 5.60 Å². The molecule has 1 unspecified atom stereocenters. The van der Waals surface area contributed by atoms with Gasteiger partial charge in [-0.25, -0.2) is 4.39 Å². The van der Waals surface area contributed by atoms with Crippen LogP contribution in [0.2, 0.25) is 0 Å². The molecule has 0 bridgehead atoms. The minimum atomic E-state index is -1.62. The van der Waals surface area contributed by atoms with E-state index in [0.717, 1.165) is 0 Å². The van der Waals surface area contributed by atoms with E-state index in [4.69, 9.17) is 4.74 Å². The Bertz CT molecular complexity index is 192. The molecule has 0 aromatic carbocycles. The van der Waals surface area contributed by atoms with Gasteiger partial charge in [0.25, 0.3) is 0 Å². The van der Waals surface area contributed by atoms with Crippen molar-refractivity contribution in [1.29, 1.82) is 0 Å². The van der Waals surface area contributed by atoms with Crippen molar-refractivity contribution in [2.75, 3.05) is 0 Å². The first-order valence-corrected chi connectivity index (χ1v) is 5.60. The van der Waals surface area contributed by atoms with Gasteiger partial charge in [-0.05, 0) is 26.2 Å². The average molecular weight is 218 g/mol. The van der Waals surface area contributed by atoms with E-state index in [1.54, 1.807) is 0 Å². The van der Waals surface area contributed by atoms with Crippen molar-refractivity contribution < 1.29 is 9.13 Å². The molecule has 0 heterocycles. The second-order valence-corrected chi connectivity index (χ2v) is 7.03. The van der Waals surface area contributed by atoms with Crippen molar-refractivity contribution in [2.45, 2.75) is 73.8 Å². The summed E-state index contributed by atoms with van der Waals surface area (Å²) in [6, 6.07) is 0. The molecule has 0 aromatic heterocycles. The molecular weight excluding hydrogens is 191 g/mol. The largest absolute Gasteiger partial charge is 0.339 e. The third-order valence-corrected chi connectivity index (χ3v) is 3.59. The first-order chi connectivity index (χ1) is 6.21. The van der Waals surface area contributed by atoms with Crippen molar-refractivity contribution in [3.8, 4) is 0 Å². The van der Waals surface area contributed by atoms with Gasteiger partial charge in [0.2, 0.25) is 5.85 Å². The first-order valence-electron chi connectivity index (χ1n) is 5.60. The fourth-order valence-electron chi connectivity index (χ4n) is 0.785. The van der Waals surface area contributed by atoms with Gasteiger partial charge in [0.1, 0.15) is 0 Å². The molecule has 0 radical (unpaired) electrons. The van der Waals surface area contributed by atoms with E-state index < -0.39 is 16.9 Å². The zero-order valence-corrected chi connectivity index (χ0v) is 11.8. The molecule has 0 amide bonds. The molecule has 1 atom stereocenters. The van der Waals surface area contributed by atoms with Crippen LogP contribution in [0.1, 0.15) is 62.3 Å². The van der Waals surface area contributed by atoms with Crippen LogP contribution in [0.15, 0.2) is 0 Å². The van der Waals surface area contributed by atoms with Crippen LogP contribution < -0.4 is 0 Å². The molecule has 0 aromatic rings. The van der Waals surface area contributed by atoms with Gasteiger partial charge in [-0.1, -0.05) is 41.5 Å². The third-order valence-electron chi connectivity index (χ3n) is 3.59. The Hall–Kier alpha value is -0.110. The highest BCUT2D eigenvalue weighted by atomic mass is 19.2. The molecule has 0 aliphatic carbocycles. The third kappa shape index (κ3) is 3.44. The molecule has 2 heteroatoms. The summed E-state index contributed by atoms with van der Waals surface area (Å²) in [6.07, 6.45) is 0. The first kappa shape index (κ1) is 14.9. The number of hydrogen-bond acceptors (Lipinski definition) is 1.